The Bertz CT molecular complexity index is 1830. The Morgan fingerprint density at radius 3 is 2.17 bits per heavy atom. The number of pyridine rings is 2. The topological polar surface area (TPSA) is 129 Å². The van der Waals surface area contributed by atoms with E-state index in [9.17, 15) is 9.59 Å². The standard InChI is InChI=1S/C35H36Cl2FN7O3/c1-48-35-21(17-40-19-23-10-13-30(47)43-23)8-11-26(45-35)24-14-15-41-34(32(24)37)25-5-3-6-27(31(25)36)44-28-7-2-4-20(33(28)38)16-39-18-22-9-12-29(46)42-22/h2-8,11,14-15,22-23,39-40,44H,9-10,12-13,16-19H2,1H3,(H,42,46)(H,43,47)/t22-,23+/m1/s1. The lowest BCUT2D eigenvalue weighted by Gasteiger charge is -2.16. The highest BCUT2D eigenvalue weighted by Gasteiger charge is 2.22. The van der Waals surface area contributed by atoms with Crippen LogP contribution in [0.5, 0.6) is 5.88 Å². The van der Waals surface area contributed by atoms with Gasteiger partial charge in [0.1, 0.15) is 0 Å². The van der Waals surface area contributed by atoms with Gasteiger partial charge in [0, 0.05) is 79.6 Å². The highest BCUT2D eigenvalue weighted by molar-refractivity contribution is 6.39. The summed E-state index contributed by atoms with van der Waals surface area (Å²) in [7, 11) is 1.57. The van der Waals surface area contributed by atoms with Crippen LogP contribution in [0.4, 0.5) is 15.8 Å². The number of benzene rings is 2. The van der Waals surface area contributed by atoms with Crippen molar-refractivity contribution < 1.29 is 18.7 Å². The molecule has 2 amide bonds. The van der Waals surface area contributed by atoms with E-state index < -0.39 is 5.82 Å². The summed E-state index contributed by atoms with van der Waals surface area (Å²) in [6.45, 7) is 2.05. The van der Waals surface area contributed by atoms with Crippen molar-refractivity contribution in [3.8, 4) is 28.4 Å². The molecule has 0 radical (unpaired) electrons. The van der Waals surface area contributed by atoms with Crippen LogP contribution in [-0.4, -0.2) is 54.1 Å². The molecule has 0 saturated carbocycles. The van der Waals surface area contributed by atoms with Crippen molar-refractivity contribution >= 4 is 46.4 Å². The Hall–Kier alpha value is -4.29. The summed E-state index contributed by atoms with van der Waals surface area (Å²) in [5.41, 5.74) is 4.38. The van der Waals surface area contributed by atoms with Gasteiger partial charge in [-0.15, -0.1) is 0 Å². The average Bonchev–Trinajstić information content (AvgIpc) is 3.70. The quantitative estimate of drug-likeness (QED) is 0.120. The third-order valence-electron chi connectivity index (χ3n) is 8.48. The molecule has 2 aliphatic rings. The lowest BCUT2D eigenvalue weighted by molar-refractivity contribution is -0.120. The number of anilines is 2. The van der Waals surface area contributed by atoms with E-state index >= 15 is 4.39 Å². The average molecular weight is 693 g/mol. The lowest BCUT2D eigenvalue weighted by Crippen LogP contribution is -2.35. The maximum Gasteiger partial charge on any atom is 0.220 e. The van der Waals surface area contributed by atoms with Gasteiger partial charge in [0.15, 0.2) is 5.82 Å². The van der Waals surface area contributed by atoms with Gasteiger partial charge in [-0.05, 0) is 37.1 Å². The summed E-state index contributed by atoms with van der Waals surface area (Å²) >= 11 is 13.9. The van der Waals surface area contributed by atoms with E-state index in [1.165, 1.54) is 0 Å². The summed E-state index contributed by atoms with van der Waals surface area (Å²) in [4.78, 5) is 32.2. The molecular weight excluding hydrogens is 656 g/mol. The van der Waals surface area contributed by atoms with Gasteiger partial charge in [-0.25, -0.2) is 9.37 Å². The summed E-state index contributed by atoms with van der Waals surface area (Å²) in [5, 5.41) is 16.3. The second-order valence-electron chi connectivity index (χ2n) is 11.8. The number of halogens is 3. The summed E-state index contributed by atoms with van der Waals surface area (Å²) < 4.78 is 21.1. The van der Waals surface area contributed by atoms with Crippen LogP contribution >= 0.6 is 23.2 Å². The summed E-state index contributed by atoms with van der Waals surface area (Å²) in [6.07, 6.45) is 4.30. The number of methoxy groups -OCH3 is 1. The second-order valence-corrected chi connectivity index (χ2v) is 12.6. The van der Waals surface area contributed by atoms with Gasteiger partial charge in [-0.2, -0.15) is 0 Å². The molecule has 48 heavy (non-hydrogen) atoms. The van der Waals surface area contributed by atoms with Gasteiger partial charge in [0.2, 0.25) is 17.7 Å². The van der Waals surface area contributed by atoms with Crippen LogP contribution in [0.15, 0.2) is 60.8 Å². The zero-order valence-electron chi connectivity index (χ0n) is 26.3. The van der Waals surface area contributed by atoms with Crippen LogP contribution in [0.3, 0.4) is 0 Å². The number of amides is 2. The Morgan fingerprint density at radius 2 is 1.50 bits per heavy atom. The Kier molecular flexibility index (Phi) is 10.7. The van der Waals surface area contributed by atoms with Crippen molar-refractivity contribution in [2.45, 2.75) is 50.9 Å². The van der Waals surface area contributed by atoms with Crippen LogP contribution in [0, 0.1) is 5.82 Å². The van der Waals surface area contributed by atoms with E-state index in [0.717, 1.165) is 18.4 Å². The number of nitrogens with zero attached hydrogens (tertiary/aromatic N) is 2. The highest BCUT2D eigenvalue weighted by atomic mass is 35.5. The number of rotatable bonds is 13. The fraction of sp³-hybridized carbons (Fsp3) is 0.314. The molecule has 2 aliphatic heterocycles. The van der Waals surface area contributed by atoms with Crippen LogP contribution in [0.1, 0.15) is 36.8 Å². The summed E-state index contributed by atoms with van der Waals surface area (Å²) in [6, 6.07) is 16.3. The van der Waals surface area contributed by atoms with Crippen LogP contribution in [0.2, 0.25) is 10.0 Å². The number of carbonyl (C=O) groups excluding carboxylic acids is 2. The summed E-state index contributed by atoms with van der Waals surface area (Å²) in [5.74, 6) is 0.188. The molecule has 4 aromatic rings. The van der Waals surface area contributed by atoms with Crippen LogP contribution in [-0.2, 0) is 22.7 Å². The van der Waals surface area contributed by atoms with Crippen molar-refractivity contribution in [3.63, 3.8) is 0 Å². The first-order chi connectivity index (χ1) is 23.3. The fourth-order valence-electron chi connectivity index (χ4n) is 5.95. The normalized spacial score (nSPS) is 17.3. The minimum absolute atomic E-state index is 0.0464. The molecule has 4 heterocycles. The SMILES string of the molecule is COc1nc(-c2ccnc(-c3cccc(Nc4cccc(CNC[C@H]5CCC(=O)N5)c4F)c3Cl)c2Cl)ccc1CNC[C@@H]1CCC(=O)N1. The van der Waals surface area contributed by atoms with Crippen molar-refractivity contribution in [3.05, 3.63) is 87.8 Å². The minimum Gasteiger partial charge on any atom is -0.481 e. The number of ether oxygens (including phenoxy) is 1. The molecule has 0 spiro atoms. The Labute approximate surface area is 288 Å². The molecule has 5 N–H and O–H groups in total. The molecule has 2 aromatic heterocycles. The van der Waals surface area contributed by atoms with Gasteiger partial charge < -0.3 is 31.3 Å². The first-order valence-electron chi connectivity index (χ1n) is 15.8. The molecule has 0 aliphatic carbocycles. The molecule has 250 valence electrons. The van der Waals surface area contributed by atoms with E-state index in [1.807, 2.05) is 12.1 Å². The minimum atomic E-state index is -0.399. The van der Waals surface area contributed by atoms with E-state index in [0.29, 0.717) is 88.7 Å². The van der Waals surface area contributed by atoms with E-state index in [2.05, 4.69) is 31.6 Å². The predicted octanol–water partition coefficient (Wildman–Crippen LogP) is 5.75. The number of carbonyl (C=O) groups is 2. The molecule has 2 atom stereocenters. The van der Waals surface area contributed by atoms with E-state index in [1.54, 1.807) is 55.8 Å². The molecule has 13 heteroatoms. The molecule has 2 aromatic carbocycles. The third-order valence-corrected chi connectivity index (χ3v) is 9.27. The van der Waals surface area contributed by atoms with E-state index in [-0.39, 0.29) is 29.6 Å². The van der Waals surface area contributed by atoms with Crippen molar-refractivity contribution in [2.24, 2.45) is 0 Å². The molecule has 10 nitrogen and oxygen atoms in total. The zero-order valence-corrected chi connectivity index (χ0v) is 27.8. The molecule has 0 unspecified atom stereocenters. The molecule has 0 bridgehead atoms. The lowest BCUT2D eigenvalue weighted by atomic mass is 10.0. The monoisotopic (exact) mass is 691 g/mol. The van der Waals surface area contributed by atoms with Gasteiger partial charge >= 0.3 is 0 Å². The third kappa shape index (κ3) is 7.71. The number of aromatic nitrogens is 2. The van der Waals surface area contributed by atoms with Crippen molar-refractivity contribution in [2.75, 3.05) is 25.5 Å². The fourth-order valence-corrected chi connectivity index (χ4v) is 6.53. The molecule has 2 fully saturated rings. The number of hydrogen-bond acceptors (Lipinski definition) is 8. The van der Waals surface area contributed by atoms with Gasteiger partial charge in [-0.3, -0.25) is 14.6 Å². The molecule has 6 rings (SSSR count). The predicted molar refractivity (Wildman–Crippen MR) is 185 cm³/mol. The van der Waals surface area contributed by atoms with Gasteiger partial charge in [0.25, 0.3) is 0 Å². The maximum atomic E-state index is 15.5. The van der Waals surface area contributed by atoms with Crippen molar-refractivity contribution in [1.82, 2.24) is 31.2 Å². The molecule has 2 saturated heterocycles. The molecular formula is C35H36Cl2FN7O3. The van der Waals surface area contributed by atoms with E-state index in [4.69, 9.17) is 32.9 Å². The van der Waals surface area contributed by atoms with Gasteiger partial charge in [-0.1, -0.05) is 53.5 Å². The zero-order chi connectivity index (χ0) is 33.6. The Balaban J connectivity index is 1.17. The number of hydrogen-bond donors (Lipinski definition) is 5. The Morgan fingerprint density at radius 1 is 0.833 bits per heavy atom. The highest BCUT2D eigenvalue weighted by Crippen LogP contribution is 2.41. The maximum absolute atomic E-state index is 15.5. The van der Waals surface area contributed by atoms with Crippen molar-refractivity contribution in [1.29, 1.82) is 0 Å². The largest absolute Gasteiger partial charge is 0.481 e. The van der Waals surface area contributed by atoms with Crippen LogP contribution in [0.25, 0.3) is 22.5 Å². The van der Waals surface area contributed by atoms with Crippen LogP contribution < -0.4 is 31.3 Å². The first-order valence-corrected chi connectivity index (χ1v) is 16.6. The smallest absolute Gasteiger partial charge is 0.220 e. The number of nitrogens with one attached hydrogen (secondary N) is 5. The van der Waals surface area contributed by atoms with Gasteiger partial charge in [0.05, 0.1) is 39.9 Å². The second kappa shape index (κ2) is 15.3. The first kappa shape index (κ1) is 33.6.